The molecule has 0 saturated carbocycles. The molecule has 1 aromatic carbocycles. The van der Waals surface area contributed by atoms with E-state index in [9.17, 15) is 9.59 Å². The summed E-state index contributed by atoms with van der Waals surface area (Å²) < 4.78 is 7.98. The number of imidazole rings is 1. The molecular weight excluding hydrogens is 440 g/mol. The van der Waals surface area contributed by atoms with Gasteiger partial charge in [0.15, 0.2) is 17.0 Å². The number of nitrogens with zero attached hydrogens (tertiary/aromatic N) is 5. The highest BCUT2D eigenvalue weighted by molar-refractivity contribution is 7.99. The first-order valence-corrected chi connectivity index (χ1v) is 11.3. The molecule has 0 bridgehead atoms. The number of unbranched alkanes of at least 4 members (excludes halogenated alkanes) is 1. The second-order valence-electron chi connectivity index (χ2n) is 6.96. The molecular formula is C20H21ClN6O3S. The quantitative estimate of drug-likeness (QED) is 0.301. The first kappa shape index (κ1) is 21.4. The third-order valence-corrected chi connectivity index (χ3v) is 5.74. The van der Waals surface area contributed by atoms with Crippen molar-refractivity contribution < 1.29 is 4.52 Å². The molecule has 4 rings (SSSR count). The highest BCUT2D eigenvalue weighted by Crippen LogP contribution is 2.17. The summed E-state index contributed by atoms with van der Waals surface area (Å²) in [6.45, 7) is 2.69. The van der Waals surface area contributed by atoms with Crippen LogP contribution in [0.1, 0.15) is 31.2 Å². The monoisotopic (exact) mass is 460 g/mol. The summed E-state index contributed by atoms with van der Waals surface area (Å²) in [6, 6.07) is 9.86. The van der Waals surface area contributed by atoms with Crippen molar-refractivity contribution in [2.45, 2.75) is 44.5 Å². The highest BCUT2D eigenvalue weighted by atomic mass is 35.5. The Balaban J connectivity index is 1.49. The van der Waals surface area contributed by atoms with Crippen molar-refractivity contribution in [3.05, 3.63) is 67.8 Å². The summed E-state index contributed by atoms with van der Waals surface area (Å²) in [5, 5.41) is 4.48. The van der Waals surface area contributed by atoms with Crippen LogP contribution in [0.25, 0.3) is 11.2 Å². The van der Waals surface area contributed by atoms with Crippen LogP contribution in [0.5, 0.6) is 0 Å². The first-order chi connectivity index (χ1) is 15.1. The zero-order chi connectivity index (χ0) is 21.8. The molecule has 1 N–H and O–H groups in total. The van der Waals surface area contributed by atoms with Crippen LogP contribution in [0.15, 0.2) is 49.7 Å². The van der Waals surface area contributed by atoms with E-state index in [1.54, 1.807) is 0 Å². The van der Waals surface area contributed by atoms with Crippen molar-refractivity contribution in [3.8, 4) is 0 Å². The fourth-order valence-corrected chi connectivity index (χ4v) is 4.11. The number of hydrogen-bond acceptors (Lipinski definition) is 7. The van der Waals surface area contributed by atoms with Gasteiger partial charge in [-0.3, -0.25) is 13.9 Å². The Hall–Kier alpha value is -2.85. The number of fused-ring (bicyclic) bond motifs is 1. The van der Waals surface area contributed by atoms with E-state index >= 15 is 0 Å². The number of aromatic amines is 1. The Morgan fingerprint density at radius 2 is 1.94 bits per heavy atom. The smallest absolute Gasteiger partial charge is 0.327 e. The molecule has 3 heterocycles. The standard InChI is InChI=1S/C20H21ClN6O3S/c1-2-3-9-26-16-15(23-18(21)24-16)17(28)27(20(26)29)10-11-31-19-22-14(25-30-19)12-13-7-5-4-6-8-13/h4-8H,2-3,9-12H2,1H3,(H,23,24). The molecule has 0 spiro atoms. The maximum atomic E-state index is 12.9. The van der Waals surface area contributed by atoms with Gasteiger partial charge in [0, 0.05) is 25.3 Å². The highest BCUT2D eigenvalue weighted by Gasteiger charge is 2.17. The summed E-state index contributed by atoms with van der Waals surface area (Å²) in [6.07, 6.45) is 2.27. The average Bonchev–Trinajstić information content (AvgIpc) is 3.37. The third kappa shape index (κ3) is 4.75. The van der Waals surface area contributed by atoms with Crippen LogP contribution in [0.2, 0.25) is 5.28 Å². The average molecular weight is 461 g/mol. The van der Waals surface area contributed by atoms with Crippen LogP contribution >= 0.6 is 23.4 Å². The van der Waals surface area contributed by atoms with Gasteiger partial charge in [-0.1, -0.05) is 60.6 Å². The predicted molar refractivity (Wildman–Crippen MR) is 119 cm³/mol. The van der Waals surface area contributed by atoms with Crippen molar-refractivity contribution in [3.63, 3.8) is 0 Å². The molecule has 0 radical (unpaired) electrons. The topological polar surface area (TPSA) is 112 Å². The van der Waals surface area contributed by atoms with Gasteiger partial charge in [0.25, 0.3) is 10.8 Å². The van der Waals surface area contributed by atoms with Crippen molar-refractivity contribution >= 4 is 34.5 Å². The number of aryl methyl sites for hydroxylation is 1. The Morgan fingerprint density at radius 1 is 1.13 bits per heavy atom. The third-order valence-electron chi connectivity index (χ3n) is 4.76. The molecule has 0 amide bonds. The molecule has 9 nitrogen and oxygen atoms in total. The second kappa shape index (κ2) is 9.52. The van der Waals surface area contributed by atoms with E-state index in [1.165, 1.54) is 20.9 Å². The van der Waals surface area contributed by atoms with E-state index in [0.717, 1.165) is 18.4 Å². The number of H-pyrrole nitrogens is 1. The van der Waals surface area contributed by atoms with E-state index in [1.807, 2.05) is 37.3 Å². The number of nitrogens with one attached hydrogen (secondary N) is 1. The number of thioether (sulfide) groups is 1. The molecule has 3 aromatic heterocycles. The van der Waals surface area contributed by atoms with E-state index in [-0.39, 0.29) is 17.3 Å². The minimum atomic E-state index is -0.442. The summed E-state index contributed by atoms with van der Waals surface area (Å²) in [7, 11) is 0. The first-order valence-electron chi connectivity index (χ1n) is 9.95. The Morgan fingerprint density at radius 3 is 2.71 bits per heavy atom. The van der Waals surface area contributed by atoms with Gasteiger partial charge < -0.3 is 9.51 Å². The predicted octanol–water partition coefficient (Wildman–Crippen LogP) is 3.11. The molecule has 0 atom stereocenters. The maximum Gasteiger partial charge on any atom is 0.332 e. The van der Waals surface area contributed by atoms with Gasteiger partial charge >= 0.3 is 5.69 Å². The van der Waals surface area contributed by atoms with Gasteiger partial charge in [-0.2, -0.15) is 9.97 Å². The van der Waals surface area contributed by atoms with Crippen molar-refractivity contribution in [2.24, 2.45) is 0 Å². The zero-order valence-electron chi connectivity index (χ0n) is 16.9. The van der Waals surface area contributed by atoms with Gasteiger partial charge in [-0.15, -0.1) is 0 Å². The van der Waals surface area contributed by atoms with E-state index in [2.05, 4.69) is 20.1 Å². The van der Waals surface area contributed by atoms with Crippen LogP contribution in [0, 0.1) is 0 Å². The maximum absolute atomic E-state index is 12.9. The van der Waals surface area contributed by atoms with Crippen LogP contribution in [-0.4, -0.2) is 35.0 Å². The Kier molecular flexibility index (Phi) is 6.57. The van der Waals surface area contributed by atoms with Gasteiger partial charge in [0.05, 0.1) is 0 Å². The van der Waals surface area contributed by atoms with Crippen LogP contribution in [-0.2, 0) is 19.5 Å². The lowest BCUT2D eigenvalue weighted by Gasteiger charge is -2.10. The van der Waals surface area contributed by atoms with Gasteiger partial charge in [-0.25, -0.2) is 4.79 Å². The lowest BCUT2D eigenvalue weighted by Crippen LogP contribution is -2.40. The number of rotatable bonds is 9. The van der Waals surface area contributed by atoms with Crippen LogP contribution in [0.3, 0.4) is 0 Å². The zero-order valence-corrected chi connectivity index (χ0v) is 18.4. The number of halogens is 1. The summed E-state index contributed by atoms with van der Waals surface area (Å²) in [4.78, 5) is 37.0. The number of benzene rings is 1. The second-order valence-corrected chi connectivity index (χ2v) is 8.36. The fourth-order valence-electron chi connectivity index (χ4n) is 3.22. The normalized spacial score (nSPS) is 11.4. The van der Waals surface area contributed by atoms with Crippen molar-refractivity contribution in [2.75, 3.05) is 5.75 Å². The number of aromatic nitrogens is 6. The summed E-state index contributed by atoms with van der Waals surface area (Å²) in [5.74, 6) is 1.00. The molecule has 31 heavy (non-hydrogen) atoms. The van der Waals surface area contributed by atoms with Gasteiger partial charge in [0.2, 0.25) is 5.28 Å². The van der Waals surface area contributed by atoms with Crippen molar-refractivity contribution in [1.29, 1.82) is 0 Å². The number of hydrogen-bond donors (Lipinski definition) is 1. The van der Waals surface area contributed by atoms with E-state index < -0.39 is 11.2 Å². The summed E-state index contributed by atoms with van der Waals surface area (Å²) in [5.41, 5.74) is 0.770. The van der Waals surface area contributed by atoms with Crippen molar-refractivity contribution in [1.82, 2.24) is 29.2 Å². The lowest BCUT2D eigenvalue weighted by atomic mass is 10.1. The molecule has 0 aliphatic carbocycles. The van der Waals surface area contributed by atoms with E-state index in [0.29, 0.717) is 35.4 Å². The molecule has 11 heteroatoms. The molecule has 0 unspecified atom stereocenters. The lowest BCUT2D eigenvalue weighted by molar-refractivity contribution is 0.337. The molecule has 4 aromatic rings. The fraction of sp³-hybridized carbons (Fsp3) is 0.350. The summed E-state index contributed by atoms with van der Waals surface area (Å²) >= 11 is 7.25. The minimum Gasteiger partial charge on any atom is -0.327 e. The van der Waals surface area contributed by atoms with E-state index in [4.69, 9.17) is 16.1 Å². The Labute approximate surface area is 186 Å². The van der Waals surface area contributed by atoms with Crippen LogP contribution in [0.4, 0.5) is 0 Å². The molecule has 0 fully saturated rings. The van der Waals surface area contributed by atoms with Gasteiger partial charge in [0.1, 0.15) is 0 Å². The SMILES string of the molecule is CCCCn1c(=O)n(CCSc2nc(Cc3ccccc3)no2)c(=O)c2[nH]c(Cl)nc21. The minimum absolute atomic E-state index is 0.0840. The Bertz CT molecular complexity index is 1290. The molecule has 162 valence electrons. The van der Waals surface area contributed by atoms with Crippen LogP contribution < -0.4 is 11.2 Å². The molecule has 0 saturated heterocycles. The largest absolute Gasteiger partial charge is 0.332 e. The van der Waals surface area contributed by atoms with Gasteiger partial charge in [-0.05, 0) is 23.6 Å². The molecule has 0 aliphatic heterocycles. The molecule has 0 aliphatic rings.